The van der Waals surface area contributed by atoms with Crippen molar-refractivity contribution in [2.24, 2.45) is 5.92 Å². The number of carbonyl (C=O) groups is 2. The second-order valence-electron chi connectivity index (χ2n) is 5.95. The van der Waals surface area contributed by atoms with Crippen LogP contribution in [0.3, 0.4) is 0 Å². The second-order valence-corrected chi connectivity index (χ2v) is 5.95. The fourth-order valence-electron chi connectivity index (χ4n) is 2.92. The van der Waals surface area contributed by atoms with E-state index in [4.69, 9.17) is 4.74 Å². The molecule has 0 N–H and O–H groups in total. The Morgan fingerprint density at radius 2 is 1.73 bits per heavy atom. The molecule has 0 radical (unpaired) electrons. The molecule has 5 nitrogen and oxygen atoms in total. The summed E-state index contributed by atoms with van der Waals surface area (Å²) in [6, 6.07) is 7.29. The van der Waals surface area contributed by atoms with Gasteiger partial charge in [-0.2, -0.15) is 0 Å². The van der Waals surface area contributed by atoms with Crippen LogP contribution in [-0.2, 0) is 4.79 Å². The monoisotopic (exact) mass is 302 g/mol. The van der Waals surface area contributed by atoms with Gasteiger partial charge in [0.2, 0.25) is 5.91 Å². The molecule has 0 atom stereocenters. The van der Waals surface area contributed by atoms with Gasteiger partial charge in [-0.15, -0.1) is 0 Å². The number of ether oxygens (including phenoxy) is 1. The highest BCUT2D eigenvalue weighted by Crippen LogP contribution is 2.31. The van der Waals surface area contributed by atoms with E-state index in [1.54, 1.807) is 19.2 Å². The molecule has 3 rings (SSSR count). The average molecular weight is 302 g/mol. The summed E-state index contributed by atoms with van der Waals surface area (Å²) >= 11 is 0. The quantitative estimate of drug-likeness (QED) is 0.855. The highest BCUT2D eigenvalue weighted by Gasteiger charge is 2.34. The minimum Gasteiger partial charge on any atom is -0.496 e. The third kappa shape index (κ3) is 3.08. The zero-order chi connectivity index (χ0) is 15.5. The maximum atomic E-state index is 12.7. The zero-order valence-corrected chi connectivity index (χ0v) is 13.0. The van der Waals surface area contributed by atoms with Crippen molar-refractivity contribution >= 4 is 11.8 Å². The molecule has 0 aromatic heterocycles. The normalized spacial score (nSPS) is 18.8. The van der Waals surface area contributed by atoms with Crippen molar-refractivity contribution in [1.82, 2.24) is 9.80 Å². The summed E-state index contributed by atoms with van der Waals surface area (Å²) in [5, 5.41) is 0. The van der Waals surface area contributed by atoms with E-state index in [1.165, 1.54) is 0 Å². The SMILES string of the molecule is COc1ccccc1C(=O)N1CCCN(C(=O)C2CC2)CC1. The number of hydrogen-bond acceptors (Lipinski definition) is 3. The fourth-order valence-corrected chi connectivity index (χ4v) is 2.92. The first-order valence-corrected chi connectivity index (χ1v) is 7.92. The second kappa shape index (κ2) is 6.38. The first-order valence-electron chi connectivity index (χ1n) is 7.92. The van der Waals surface area contributed by atoms with Crippen LogP contribution < -0.4 is 4.74 Å². The Morgan fingerprint density at radius 1 is 1.05 bits per heavy atom. The molecule has 1 aromatic carbocycles. The Bertz CT molecular complexity index is 569. The maximum absolute atomic E-state index is 12.7. The van der Waals surface area contributed by atoms with Crippen LogP contribution in [0.4, 0.5) is 0 Å². The smallest absolute Gasteiger partial charge is 0.257 e. The summed E-state index contributed by atoms with van der Waals surface area (Å²) in [6.07, 6.45) is 2.89. The lowest BCUT2D eigenvalue weighted by Gasteiger charge is -2.23. The molecular weight excluding hydrogens is 280 g/mol. The molecule has 0 spiro atoms. The highest BCUT2D eigenvalue weighted by molar-refractivity contribution is 5.97. The van der Waals surface area contributed by atoms with Crippen LogP contribution >= 0.6 is 0 Å². The highest BCUT2D eigenvalue weighted by atomic mass is 16.5. The van der Waals surface area contributed by atoms with Crippen molar-refractivity contribution < 1.29 is 14.3 Å². The van der Waals surface area contributed by atoms with Crippen LogP contribution in [0.1, 0.15) is 29.6 Å². The van der Waals surface area contributed by atoms with Crippen molar-refractivity contribution in [3.63, 3.8) is 0 Å². The molecule has 2 aliphatic rings. The van der Waals surface area contributed by atoms with Crippen molar-refractivity contribution in [2.75, 3.05) is 33.3 Å². The van der Waals surface area contributed by atoms with Crippen LogP contribution in [-0.4, -0.2) is 54.9 Å². The number of rotatable bonds is 3. The van der Waals surface area contributed by atoms with Gasteiger partial charge >= 0.3 is 0 Å². The Balaban J connectivity index is 1.67. The summed E-state index contributed by atoms with van der Waals surface area (Å²) in [5.41, 5.74) is 0.590. The Labute approximate surface area is 130 Å². The van der Waals surface area contributed by atoms with E-state index in [1.807, 2.05) is 21.9 Å². The number of nitrogens with zero attached hydrogens (tertiary/aromatic N) is 2. The van der Waals surface area contributed by atoms with Gasteiger partial charge < -0.3 is 14.5 Å². The topological polar surface area (TPSA) is 49.9 Å². The van der Waals surface area contributed by atoms with E-state index in [9.17, 15) is 9.59 Å². The Hall–Kier alpha value is -2.04. The number of carbonyl (C=O) groups excluding carboxylic acids is 2. The third-order valence-electron chi connectivity index (χ3n) is 4.36. The number of hydrogen-bond donors (Lipinski definition) is 0. The van der Waals surface area contributed by atoms with Crippen molar-refractivity contribution in [3.05, 3.63) is 29.8 Å². The van der Waals surface area contributed by atoms with Crippen LogP contribution in [0.2, 0.25) is 0 Å². The van der Waals surface area contributed by atoms with E-state index in [0.29, 0.717) is 30.9 Å². The van der Waals surface area contributed by atoms with Crippen LogP contribution in [0.15, 0.2) is 24.3 Å². The first-order chi connectivity index (χ1) is 10.7. The minimum absolute atomic E-state index is 0.0156. The molecule has 1 heterocycles. The van der Waals surface area contributed by atoms with E-state index in [0.717, 1.165) is 25.8 Å². The number of amides is 2. The van der Waals surface area contributed by atoms with Gasteiger partial charge in [0.05, 0.1) is 12.7 Å². The molecule has 1 saturated carbocycles. The van der Waals surface area contributed by atoms with Crippen molar-refractivity contribution in [1.29, 1.82) is 0 Å². The van der Waals surface area contributed by atoms with Gasteiger partial charge in [-0.05, 0) is 31.4 Å². The summed E-state index contributed by atoms with van der Waals surface area (Å²) in [4.78, 5) is 28.6. The molecule has 22 heavy (non-hydrogen) atoms. The molecule has 1 aliphatic heterocycles. The molecule has 0 bridgehead atoms. The lowest BCUT2D eigenvalue weighted by Crippen LogP contribution is -2.38. The molecule has 1 aliphatic carbocycles. The van der Waals surface area contributed by atoms with Crippen molar-refractivity contribution in [3.8, 4) is 5.75 Å². The number of para-hydroxylation sites is 1. The predicted molar refractivity (Wildman–Crippen MR) is 82.8 cm³/mol. The van der Waals surface area contributed by atoms with Gasteiger partial charge in [0.15, 0.2) is 0 Å². The summed E-state index contributed by atoms with van der Waals surface area (Å²) in [6.45, 7) is 2.67. The lowest BCUT2D eigenvalue weighted by molar-refractivity contribution is -0.132. The van der Waals surface area contributed by atoms with Crippen molar-refractivity contribution in [2.45, 2.75) is 19.3 Å². The van der Waals surface area contributed by atoms with Crippen LogP contribution in [0, 0.1) is 5.92 Å². The molecule has 118 valence electrons. The summed E-state index contributed by atoms with van der Waals surface area (Å²) in [7, 11) is 1.57. The number of methoxy groups -OCH3 is 1. The van der Waals surface area contributed by atoms with Gasteiger partial charge in [-0.3, -0.25) is 9.59 Å². The zero-order valence-electron chi connectivity index (χ0n) is 13.0. The van der Waals surface area contributed by atoms with Gasteiger partial charge in [0.1, 0.15) is 5.75 Å². The minimum atomic E-state index is -0.0156. The number of benzene rings is 1. The van der Waals surface area contributed by atoms with Gasteiger partial charge in [0.25, 0.3) is 5.91 Å². The molecule has 2 amide bonds. The Morgan fingerprint density at radius 3 is 2.45 bits per heavy atom. The van der Waals surface area contributed by atoms with E-state index in [2.05, 4.69) is 0 Å². The lowest BCUT2D eigenvalue weighted by atomic mass is 10.1. The standard InChI is InChI=1S/C17H22N2O3/c1-22-15-6-3-2-5-14(15)17(21)19-10-4-9-18(11-12-19)16(20)13-7-8-13/h2-3,5-6,13H,4,7-12H2,1H3. The van der Waals surface area contributed by atoms with E-state index >= 15 is 0 Å². The maximum Gasteiger partial charge on any atom is 0.257 e. The molecule has 5 heteroatoms. The molecular formula is C17H22N2O3. The van der Waals surface area contributed by atoms with Crippen LogP contribution in [0.25, 0.3) is 0 Å². The molecule has 1 aromatic rings. The van der Waals surface area contributed by atoms with Gasteiger partial charge in [-0.25, -0.2) is 0 Å². The fraction of sp³-hybridized carbons (Fsp3) is 0.529. The molecule has 2 fully saturated rings. The largest absolute Gasteiger partial charge is 0.496 e. The van der Waals surface area contributed by atoms with Gasteiger partial charge in [0, 0.05) is 32.1 Å². The van der Waals surface area contributed by atoms with E-state index in [-0.39, 0.29) is 17.7 Å². The summed E-state index contributed by atoms with van der Waals surface area (Å²) < 4.78 is 5.28. The first kappa shape index (κ1) is 14.9. The summed E-state index contributed by atoms with van der Waals surface area (Å²) in [5.74, 6) is 1.10. The molecule has 0 unspecified atom stereocenters. The third-order valence-corrected chi connectivity index (χ3v) is 4.36. The average Bonchev–Trinajstić information content (AvgIpc) is 3.39. The predicted octanol–water partition coefficient (Wildman–Crippen LogP) is 1.78. The van der Waals surface area contributed by atoms with Crippen LogP contribution in [0.5, 0.6) is 5.75 Å². The molecule has 1 saturated heterocycles. The van der Waals surface area contributed by atoms with E-state index < -0.39 is 0 Å². The van der Waals surface area contributed by atoms with Gasteiger partial charge in [-0.1, -0.05) is 12.1 Å². The Kier molecular flexibility index (Phi) is 4.32.